The molecule has 21 heavy (non-hydrogen) atoms. The van der Waals surface area contributed by atoms with Gasteiger partial charge in [-0.1, -0.05) is 35.4 Å². The fourth-order valence-electron chi connectivity index (χ4n) is 2.37. The van der Waals surface area contributed by atoms with Crippen LogP contribution in [0.2, 0.25) is 0 Å². The SMILES string of the molecule is COCCCCN(c1ccc(C)cc1)c1ccc(C)cc1. The maximum Gasteiger partial charge on any atom is 0.0462 e. The van der Waals surface area contributed by atoms with E-state index in [0.717, 1.165) is 26.0 Å². The summed E-state index contributed by atoms with van der Waals surface area (Å²) in [6, 6.07) is 17.5. The summed E-state index contributed by atoms with van der Waals surface area (Å²) in [7, 11) is 1.76. The molecule has 2 heteroatoms. The Labute approximate surface area is 128 Å². The molecule has 0 spiro atoms. The fraction of sp³-hybridized carbons (Fsp3) is 0.368. The van der Waals surface area contributed by atoms with Gasteiger partial charge in [-0.25, -0.2) is 0 Å². The Hall–Kier alpha value is -1.80. The molecule has 0 aliphatic carbocycles. The van der Waals surface area contributed by atoms with Crippen LogP contribution in [0.15, 0.2) is 48.5 Å². The van der Waals surface area contributed by atoms with E-state index < -0.39 is 0 Å². The Morgan fingerprint density at radius 1 is 0.762 bits per heavy atom. The van der Waals surface area contributed by atoms with Crippen LogP contribution >= 0.6 is 0 Å². The lowest BCUT2D eigenvalue weighted by molar-refractivity contribution is 0.193. The number of hydrogen-bond acceptors (Lipinski definition) is 2. The molecule has 0 aliphatic heterocycles. The second kappa shape index (κ2) is 7.84. The first-order valence-corrected chi connectivity index (χ1v) is 7.60. The minimum atomic E-state index is 0.829. The van der Waals surface area contributed by atoms with Crippen molar-refractivity contribution in [3.8, 4) is 0 Å². The van der Waals surface area contributed by atoms with Gasteiger partial charge in [-0.2, -0.15) is 0 Å². The molecule has 0 heterocycles. The molecule has 2 aromatic rings. The van der Waals surface area contributed by atoms with Gasteiger partial charge in [0, 0.05) is 31.6 Å². The monoisotopic (exact) mass is 283 g/mol. The zero-order valence-corrected chi connectivity index (χ0v) is 13.3. The van der Waals surface area contributed by atoms with Crippen LogP contribution in [0.3, 0.4) is 0 Å². The van der Waals surface area contributed by atoms with E-state index in [0.29, 0.717) is 0 Å². The van der Waals surface area contributed by atoms with Gasteiger partial charge in [-0.15, -0.1) is 0 Å². The number of benzene rings is 2. The molecule has 0 N–H and O–H groups in total. The molecular formula is C19H25NO. The van der Waals surface area contributed by atoms with Crippen molar-refractivity contribution < 1.29 is 4.74 Å². The van der Waals surface area contributed by atoms with Crippen LogP contribution < -0.4 is 4.90 Å². The van der Waals surface area contributed by atoms with Gasteiger partial charge < -0.3 is 9.64 Å². The van der Waals surface area contributed by atoms with Crippen molar-refractivity contribution in [3.05, 3.63) is 59.7 Å². The van der Waals surface area contributed by atoms with E-state index in [2.05, 4.69) is 67.3 Å². The average molecular weight is 283 g/mol. The minimum absolute atomic E-state index is 0.829. The van der Waals surface area contributed by atoms with E-state index in [-0.39, 0.29) is 0 Å². The number of anilines is 2. The summed E-state index contributed by atoms with van der Waals surface area (Å²) in [5.74, 6) is 0. The van der Waals surface area contributed by atoms with Crippen molar-refractivity contribution in [2.45, 2.75) is 26.7 Å². The molecule has 0 bridgehead atoms. The Balaban J connectivity index is 2.17. The number of methoxy groups -OCH3 is 1. The van der Waals surface area contributed by atoms with Crippen LogP contribution in [0.1, 0.15) is 24.0 Å². The number of rotatable bonds is 7. The molecule has 2 aromatic carbocycles. The number of unbranched alkanes of at least 4 members (excludes halogenated alkanes) is 1. The molecule has 0 fully saturated rings. The second-order valence-corrected chi connectivity index (χ2v) is 5.52. The Morgan fingerprint density at radius 2 is 1.24 bits per heavy atom. The van der Waals surface area contributed by atoms with Gasteiger partial charge in [0.15, 0.2) is 0 Å². The standard InChI is InChI=1S/C19H25NO/c1-16-6-10-18(11-7-16)20(14-4-5-15-21-3)19-12-8-17(2)9-13-19/h6-13H,4-5,14-15H2,1-3H3. The van der Waals surface area contributed by atoms with Crippen LogP contribution in [0, 0.1) is 13.8 Å². The van der Waals surface area contributed by atoms with Crippen molar-refractivity contribution >= 4 is 11.4 Å². The first-order valence-electron chi connectivity index (χ1n) is 7.60. The van der Waals surface area contributed by atoms with E-state index in [1.165, 1.54) is 22.5 Å². The highest BCUT2D eigenvalue weighted by Gasteiger charge is 2.08. The van der Waals surface area contributed by atoms with Crippen molar-refractivity contribution in [2.75, 3.05) is 25.2 Å². The number of hydrogen-bond donors (Lipinski definition) is 0. The second-order valence-electron chi connectivity index (χ2n) is 5.52. The number of nitrogens with zero attached hydrogens (tertiary/aromatic N) is 1. The van der Waals surface area contributed by atoms with E-state index in [4.69, 9.17) is 4.74 Å². The van der Waals surface area contributed by atoms with Gasteiger partial charge in [0.05, 0.1) is 0 Å². The third-order valence-electron chi connectivity index (χ3n) is 3.67. The first-order chi connectivity index (χ1) is 10.2. The van der Waals surface area contributed by atoms with Crippen molar-refractivity contribution in [1.29, 1.82) is 0 Å². The molecule has 0 saturated heterocycles. The van der Waals surface area contributed by atoms with Crippen molar-refractivity contribution in [3.63, 3.8) is 0 Å². The molecule has 2 nitrogen and oxygen atoms in total. The maximum atomic E-state index is 5.15. The van der Waals surface area contributed by atoms with Crippen LogP contribution in [-0.4, -0.2) is 20.3 Å². The third kappa shape index (κ3) is 4.61. The van der Waals surface area contributed by atoms with E-state index in [1.54, 1.807) is 7.11 Å². The lowest BCUT2D eigenvalue weighted by atomic mass is 10.1. The van der Waals surface area contributed by atoms with Crippen LogP contribution in [0.4, 0.5) is 11.4 Å². The summed E-state index contributed by atoms with van der Waals surface area (Å²) in [5.41, 5.74) is 5.09. The Kier molecular flexibility index (Phi) is 5.82. The van der Waals surface area contributed by atoms with E-state index >= 15 is 0 Å². The summed E-state index contributed by atoms with van der Waals surface area (Å²) >= 11 is 0. The maximum absolute atomic E-state index is 5.15. The molecule has 0 aliphatic rings. The smallest absolute Gasteiger partial charge is 0.0462 e. The predicted molar refractivity (Wildman–Crippen MR) is 90.5 cm³/mol. The van der Waals surface area contributed by atoms with Gasteiger partial charge in [-0.3, -0.25) is 0 Å². The molecule has 2 rings (SSSR count). The topological polar surface area (TPSA) is 12.5 Å². The van der Waals surface area contributed by atoms with Gasteiger partial charge in [0.1, 0.15) is 0 Å². The fourth-order valence-corrected chi connectivity index (χ4v) is 2.37. The molecule has 0 amide bonds. The van der Waals surface area contributed by atoms with Gasteiger partial charge in [0.2, 0.25) is 0 Å². The van der Waals surface area contributed by atoms with Gasteiger partial charge >= 0.3 is 0 Å². The highest BCUT2D eigenvalue weighted by molar-refractivity contribution is 5.63. The zero-order chi connectivity index (χ0) is 15.1. The third-order valence-corrected chi connectivity index (χ3v) is 3.67. The molecule has 0 unspecified atom stereocenters. The summed E-state index contributed by atoms with van der Waals surface area (Å²) in [5, 5.41) is 0. The van der Waals surface area contributed by atoms with Crippen LogP contribution in [-0.2, 0) is 4.74 Å². The summed E-state index contributed by atoms with van der Waals surface area (Å²) in [6.07, 6.45) is 2.21. The van der Waals surface area contributed by atoms with Crippen molar-refractivity contribution in [1.82, 2.24) is 0 Å². The van der Waals surface area contributed by atoms with Crippen LogP contribution in [0.25, 0.3) is 0 Å². The van der Waals surface area contributed by atoms with Crippen LogP contribution in [0.5, 0.6) is 0 Å². The largest absolute Gasteiger partial charge is 0.385 e. The molecule has 0 atom stereocenters. The molecule has 112 valence electrons. The summed E-state index contributed by atoms with van der Waals surface area (Å²) < 4.78 is 5.15. The first kappa shape index (κ1) is 15.6. The minimum Gasteiger partial charge on any atom is -0.385 e. The van der Waals surface area contributed by atoms with Crippen molar-refractivity contribution in [2.24, 2.45) is 0 Å². The number of aryl methyl sites for hydroxylation is 2. The molecule has 0 radical (unpaired) electrons. The summed E-state index contributed by atoms with van der Waals surface area (Å²) in [4.78, 5) is 2.38. The lowest BCUT2D eigenvalue weighted by Crippen LogP contribution is -2.18. The molecule has 0 aromatic heterocycles. The normalized spacial score (nSPS) is 10.6. The average Bonchev–Trinajstić information content (AvgIpc) is 2.50. The lowest BCUT2D eigenvalue weighted by Gasteiger charge is -2.25. The van der Waals surface area contributed by atoms with E-state index in [9.17, 15) is 0 Å². The Morgan fingerprint density at radius 3 is 1.67 bits per heavy atom. The number of ether oxygens (including phenoxy) is 1. The highest BCUT2D eigenvalue weighted by Crippen LogP contribution is 2.26. The van der Waals surface area contributed by atoms with Gasteiger partial charge in [-0.05, 0) is 51.0 Å². The summed E-state index contributed by atoms with van der Waals surface area (Å²) in [6.45, 7) is 6.09. The predicted octanol–water partition coefficient (Wildman–Crippen LogP) is 4.87. The zero-order valence-electron chi connectivity index (χ0n) is 13.3. The molecule has 0 saturated carbocycles. The quantitative estimate of drug-likeness (QED) is 0.672. The van der Waals surface area contributed by atoms with Gasteiger partial charge in [0.25, 0.3) is 0 Å². The molecular weight excluding hydrogens is 258 g/mol. The highest BCUT2D eigenvalue weighted by atomic mass is 16.5. The van der Waals surface area contributed by atoms with E-state index in [1.807, 2.05) is 0 Å². The Bertz CT molecular complexity index is 485.